The molecule has 2 aromatic carbocycles. The number of halogens is 2. The van der Waals surface area contributed by atoms with E-state index in [0.29, 0.717) is 33.4 Å². The molecule has 0 N–H and O–H groups in total. The largest absolute Gasteiger partial charge is 0.297 e. The van der Waals surface area contributed by atoms with Gasteiger partial charge in [-0.15, -0.1) is 11.3 Å². The number of rotatable bonds is 6. The minimum Gasteiger partial charge on any atom is -0.297 e. The highest BCUT2D eigenvalue weighted by Crippen LogP contribution is 2.33. The number of carbonyl (C=O) groups excluding carboxylic acids is 1. The van der Waals surface area contributed by atoms with E-state index in [1.807, 2.05) is 6.92 Å². The molecule has 152 valence electrons. The lowest BCUT2D eigenvalue weighted by Crippen LogP contribution is -2.04. The molecule has 3 rings (SSSR count). The predicted molar refractivity (Wildman–Crippen MR) is 116 cm³/mol. The number of thiazole rings is 1. The zero-order valence-corrected chi connectivity index (χ0v) is 18.4. The van der Waals surface area contributed by atoms with Crippen molar-refractivity contribution < 1.29 is 13.2 Å². The maximum absolute atomic E-state index is 12.7. The molecule has 0 bridgehead atoms. The van der Waals surface area contributed by atoms with Crippen LogP contribution >= 0.6 is 34.5 Å². The smallest absolute Gasteiger partial charge is 0.225 e. The summed E-state index contributed by atoms with van der Waals surface area (Å²) in [5, 5.41) is 3.76. The first-order valence-electron chi connectivity index (χ1n) is 8.35. The Labute approximate surface area is 182 Å². The van der Waals surface area contributed by atoms with Crippen LogP contribution in [0.3, 0.4) is 0 Å². The highest BCUT2D eigenvalue weighted by atomic mass is 35.5. The van der Waals surface area contributed by atoms with Gasteiger partial charge in [-0.1, -0.05) is 47.4 Å². The van der Waals surface area contributed by atoms with Gasteiger partial charge in [-0.2, -0.15) is 4.91 Å². The normalized spacial score (nSPS) is 10.7. The van der Waals surface area contributed by atoms with Gasteiger partial charge >= 0.3 is 0 Å². The van der Waals surface area contributed by atoms with Crippen molar-refractivity contribution in [3.63, 3.8) is 0 Å². The van der Waals surface area contributed by atoms with Crippen LogP contribution < -0.4 is 0 Å². The van der Waals surface area contributed by atoms with E-state index in [4.69, 9.17) is 28.1 Å². The molecule has 1 aromatic heterocycles. The molecule has 10 heteroatoms. The van der Waals surface area contributed by atoms with Gasteiger partial charge in [0.15, 0.2) is 11.3 Å². The second-order valence-corrected chi connectivity index (χ2v) is 9.39. The Hall–Kier alpha value is -2.13. The molecule has 0 saturated heterocycles. The first-order chi connectivity index (χ1) is 13.8. The Morgan fingerprint density at radius 3 is 2.03 bits per heavy atom. The topological polar surface area (TPSA) is 93.5 Å². The molecular weight excluding hydrogens is 455 g/mol. The highest BCUT2D eigenvalue weighted by Gasteiger charge is 2.26. The molecule has 0 atom stereocenters. The van der Waals surface area contributed by atoms with Gasteiger partial charge in [-0.25, -0.2) is 13.4 Å². The maximum atomic E-state index is 12.7. The van der Waals surface area contributed by atoms with E-state index < -0.39 is 9.84 Å². The van der Waals surface area contributed by atoms with Gasteiger partial charge in [0.05, 0.1) is 11.4 Å². The summed E-state index contributed by atoms with van der Waals surface area (Å²) >= 11 is 12.7. The van der Waals surface area contributed by atoms with E-state index in [9.17, 15) is 13.2 Å². The van der Waals surface area contributed by atoms with E-state index in [0.717, 1.165) is 17.8 Å². The summed E-state index contributed by atoms with van der Waals surface area (Å²) in [6.45, 7) is 2.38. The molecule has 0 saturated carbocycles. The Balaban J connectivity index is 0.000000537. The van der Waals surface area contributed by atoms with Crippen molar-refractivity contribution in [2.45, 2.75) is 23.3 Å². The molecule has 0 spiro atoms. The average Bonchev–Trinajstić information content (AvgIpc) is 3.15. The third-order valence-electron chi connectivity index (χ3n) is 3.51. The Morgan fingerprint density at radius 2 is 1.59 bits per heavy atom. The molecular formula is C19H16Cl2N2O4S2. The number of aldehydes is 1. The molecule has 0 aliphatic rings. The minimum absolute atomic E-state index is 0.0305. The van der Waals surface area contributed by atoms with E-state index in [1.165, 1.54) is 24.3 Å². The number of nitrogens with zero attached hydrogens (tertiary/aromatic N) is 2. The second kappa shape index (κ2) is 10.6. The monoisotopic (exact) mass is 470 g/mol. The molecule has 1 heterocycles. The van der Waals surface area contributed by atoms with Gasteiger partial charge in [-0.05, 0) is 42.8 Å². The third-order valence-corrected chi connectivity index (χ3v) is 6.89. The first-order valence-corrected chi connectivity index (χ1v) is 11.4. The SMILES string of the molecule is CCCN=O.O=Cc1sc(-c2ccc(Cl)cc2)nc1S(=O)(=O)c1ccc(Cl)cc1. The van der Waals surface area contributed by atoms with Crippen LogP contribution in [0.1, 0.15) is 23.0 Å². The zero-order chi connectivity index (χ0) is 21.4. The van der Waals surface area contributed by atoms with Crippen molar-refractivity contribution in [2.24, 2.45) is 5.18 Å². The molecule has 0 unspecified atom stereocenters. The van der Waals surface area contributed by atoms with Gasteiger partial charge in [0.1, 0.15) is 9.88 Å². The van der Waals surface area contributed by atoms with Crippen molar-refractivity contribution in [2.75, 3.05) is 6.54 Å². The molecule has 6 nitrogen and oxygen atoms in total. The van der Waals surface area contributed by atoms with E-state index in [2.05, 4.69) is 10.2 Å². The van der Waals surface area contributed by atoms with Crippen LogP contribution in [-0.2, 0) is 9.84 Å². The number of nitroso groups, excluding NO2 is 1. The lowest BCUT2D eigenvalue weighted by atomic mass is 10.2. The number of aromatic nitrogens is 1. The Kier molecular flexibility index (Phi) is 8.45. The number of hydrogen-bond donors (Lipinski definition) is 0. The molecule has 0 aliphatic carbocycles. The van der Waals surface area contributed by atoms with Crippen LogP contribution in [0.4, 0.5) is 0 Å². The van der Waals surface area contributed by atoms with Crippen molar-refractivity contribution in [1.29, 1.82) is 0 Å². The van der Waals surface area contributed by atoms with Gasteiger partial charge in [0, 0.05) is 15.6 Å². The molecule has 0 radical (unpaired) electrons. The van der Waals surface area contributed by atoms with Gasteiger partial charge in [-0.3, -0.25) is 4.79 Å². The van der Waals surface area contributed by atoms with Crippen LogP contribution in [0.15, 0.2) is 63.6 Å². The maximum Gasteiger partial charge on any atom is 0.225 e. The van der Waals surface area contributed by atoms with Gasteiger partial charge in [0.2, 0.25) is 9.84 Å². The number of hydrogen-bond acceptors (Lipinski definition) is 7. The molecule has 0 aliphatic heterocycles. The van der Waals surface area contributed by atoms with Crippen LogP contribution in [0.5, 0.6) is 0 Å². The lowest BCUT2D eigenvalue weighted by Gasteiger charge is -2.02. The van der Waals surface area contributed by atoms with E-state index >= 15 is 0 Å². The van der Waals surface area contributed by atoms with Crippen LogP contribution in [0.2, 0.25) is 10.0 Å². The van der Waals surface area contributed by atoms with Crippen LogP contribution in [0.25, 0.3) is 10.6 Å². The van der Waals surface area contributed by atoms with Gasteiger partial charge < -0.3 is 0 Å². The summed E-state index contributed by atoms with van der Waals surface area (Å²) < 4.78 is 25.5. The van der Waals surface area contributed by atoms with Crippen molar-refractivity contribution in [3.8, 4) is 10.6 Å². The Bertz CT molecular complexity index is 1080. The fourth-order valence-corrected chi connectivity index (χ4v) is 4.90. The molecule has 3 aromatic rings. The van der Waals surface area contributed by atoms with Crippen molar-refractivity contribution in [3.05, 3.63) is 68.4 Å². The average molecular weight is 471 g/mol. The summed E-state index contributed by atoms with van der Waals surface area (Å²) in [4.78, 5) is 24.7. The van der Waals surface area contributed by atoms with Crippen LogP contribution in [-0.4, -0.2) is 26.2 Å². The number of benzene rings is 2. The van der Waals surface area contributed by atoms with E-state index in [1.54, 1.807) is 24.3 Å². The van der Waals surface area contributed by atoms with Crippen molar-refractivity contribution in [1.82, 2.24) is 4.98 Å². The lowest BCUT2D eigenvalue weighted by molar-refractivity contribution is 0.112. The summed E-state index contributed by atoms with van der Waals surface area (Å²) in [5.74, 6) is 0. The highest BCUT2D eigenvalue weighted by molar-refractivity contribution is 7.91. The van der Waals surface area contributed by atoms with Gasteiger partial charge in [0.25, 0.3) is 0 Å². The third kappa shape index (κ3) is 5.93. The van der Waals surface area contributed by atoms with Crippen LogP contribution in [0, 0.1) is 4.91 Å². The summed E-state index contributed by atoms with van der Waals surface area (Å²) in [6, 6.07) is 12.5. The summed E-state index contributed by atoms with van der Waals surface area (Å²) in [6.07, 6.45) is 1.36. The Morgan fingerprint density at radius 1 is 1.03 bits per heavy atom. The summed E-state index contributed by atoms with van der Waals surface area (Å²) in [5.41, 5.74) is 0.685. The number of carbonyl (C=O) groups is 1. The minimum atomic E-state index is -3.91. The zero-order valence-electron chi connectivity index (χ0n) is 15.2. The fourth-order valence-electron chi connectivity index (χ4n) is 2.12. The van der Waals surface area contributed by atoms with E-state index in [-0.39, 0.29) is 14.8 Å². The molecule has 0 fully saturated rings. The number of sulfone groups is 1. The summed E-state index contributed by atoms with van der Waals surface area (Å²) in [7, 11) is -3.91. The fraction of sp³-hybridized carbons (Fsp3) is 0.158. The molecule has 0 amide bonds. The second-order valence-electron chi connectivity index (χ2n) is 5.62. The first kappa shape index (κ1) is 23.2. The predicted octanol–water partition coefficient (Wildman–Crippen LogP) is 5.93. The molecule has 29 heavy (non-hydrogen) atoms. The standard InChI is InChI=1S/C16H9Cl2NO3S2.C3H7NO/c17-11-3-1-10(2-4-11)15-19-16(14(9-20)23-15)24(21,22)13-7-5-12(18)6-8-13;1-2-3-4-5/h1-9H;2-3H2,1H3. The quantitative estimate of drug-likeness (QED) is 0.328. The van der Waals surface area contributed by atoms with Crippen molar-refractivity contribution >= 4 is 50.7 Å².